The zero-order valence-corrected chi connectivity index (χ0v) is 15.3. The third-order valence-electron chi connectivity index (χ3n) is 3.92. The summed E-state index contributed by atoms with van der Waals surface area (Å²) < 4.78 is 5.38. The van der Waals surface area contributed by atoms with Gasteiger partial charge in [-0.2, -0.15) is 5.10 Å². The van der Waals surface area contributed by atoms with Crippen molar-refractivity contribution in [3.63, 3.8) is 0 Å². The third-order valence-corrected chi connectivity index (χ3v) is 4.94. The first-order chi connectivity index (χ1) is 12.7. The lowest BCUT2D eigenvalue weighted by atomic mass is 10.1. The number of nitrogens with zero attached hydrogens (tertiary/aromatic N) is 2. The van der Waals surface area contributed by atoms with Crippen molar-refractivity contribution in [3.05, 3.63) is 66.4 Å². The van der Waals surface area contributed by atoms with E-state index in [0.717, 1.165) is 43.8 Å². The van der Waals surface area contributed by atoms with Gasteiger partial charge in [-0.1, -0.05) is 30.0 Å². The molecule has 130 valence electrons. The maximum Gasteiger partial charge on any atom is 0.153 e. The highest BCUT2D eigenvalue weighted by atomic mass is 32.2. The molecule has 2 aromatic carbocycles. The second kappa shape index (κ2) is 7.09. The molecule has 0 bridgehead atoms. The van der Waals surface area contributed by atoms with Crippen LogP contribution in [0, 0.1) is 6.92 Å². The number of hydrogen-bond acceptors (Lipinski definition) is 5. The number of rotatable bonds is 5. The first-order valence-corrected chi connectivity index (χ1v) is 9.03. The molecule has 5 nitrogen and oxygen atoms in total. The molecular weight excluding hydrogens is 344 g/mol. The molecule has 0 unspecified atom stereocenters. The molecule has 0 radical (unpaired) electrons. The number of methoxy groups -OCH3 is 1. The molecule has 0 aliphatic heterocycles. The number of aromatic nitrogens is 3. The van der Waals surface area contributed by atoms with Crippen molar-refractivity contribution in [3.8, 4) is 5.75 Å². The summed E-state index contributed by atoms with van der Waals surface area (Å²) in [6.45, 7) is 1.97. The summed E-state index contributed by atoms with van der Waals surface area (Å²) in [7, 11) is 1.67. The molecule has 0 saturated heterocycles. The van der Waals surface area contributed by atoms with Crippen molar-refractivity contribution in [1.82, 2.24) is 15.2 Å². The quantitative estimate of drug-likeness (QED) is 0.513. The average molecular weight is 362 g/mol. The van der Waals surface area contributed by atoms with E-state index in [1.54, 1.807) is 18.9 Å². The normalized spacial score (nSPS) is 10.8. The second-order valence-electron chi connectivity index (χ2n) is 5.88. The van der Waals surface area contributed by atoms with Crippen LogP contribution in [0.2, 0.25) is 0 Å². The van der Waals surface area contributed by atoms with Crippen molar-refractivity contribution in [2.75, 3.05) is 12.4 Å². The maximum atomic E-state index is 5.38. The second-order valence-corrected chi connectivity index (χ2v) is 6.94. The minimum atomic E-state index is 0.743. The fourth-order valence-electron chi connectivity index (χ4n) is 2.69. The van der Waals surface area contributed by atoms with Crippen molar-refractivity contribution < 1.29 is 4.74 Å². The van der Waals surface area contributed by atoms with Crippen LogP contribution in [-0.2, 0) is 0 Å². The van der Waals surface area contributed by atoms with Crippen LogP contribution in [0.15, 0.2) is 70.6 Å². The Balaban J connectivity index is 1.79. The highest BCUT2D eigenvalue weighted by molar-refractivity contribution is 7.99. The fourth-order valence-corrected chi connectivity index (χ4v) is 3.64. The van der Waals surface area contributed by atoms with Gasteiger partial charge in [-0.15, -0.1) is 0 Å². The molecule has 0 atom stereocenters. The Bertz CT molecular complexity index is 1050. The maximum absolute atomic E-state index is 5.38. The van der Waals surface area contributed by atoms with Crippen molar-refractivity contribution in [2.24, 2.45) is 0 Å². The number of hydrogen-bond donors (Lipinski definition) is 2. The highest BCUT2D eigenvalue weighted by Gasteiger charge is 2.10. The molecule has 4 rings (SSSR count). The molecule has 6 heteroatoms. The van der Waals surface area contributed by atoms with Crippen LogP contribution in [0.5, 0.6) is 5.75 Å². The Morgan fingerprint density at radius 3 is 2.58 bits per heavy atom. The number of nitrogens with one attached hydrogen (secondary N) is 2. The van der Waals surface area contributed by atoms with E-state index in [2.05, 4.69) is 33.7 Å². The first-order valence-electron chi connectivity index (χ1n) is 8.22. The minimum absolute atomic E-state index is 0.743. The molecule has 4 aromatic rings. The van der Waals surface area contributed by atoms with E-state index in [1.807, 2.05) is 49.4 Å². The topological polar surface area (TPSA) is 62.8 Å². The van der Waals surface area contributed by atoms with Gasteiger partial charge in [0, 0.05) is 22.0 Å². The van der Waals surface area contributed by atoms with Gasteiger partial charge in [0.05, 0.1) is 7.11 Å². The molecule has 0 amide bonds. The molecule has 2 aromatic heterocycles. The van der Waals surface area contributed by atoms with E-state index < -0.39 is 0 Å². The van der Waals surface area contributed by atoms with Crippen molar-refractivity contribution >= 4 is 34.2 Å². The van der Waals surface area contributed by atoms with Gasteiger partial charge >= 0.3 is 0 Å². The van der Waals surface area contributed by atoms with Gasteiger partial charge in [0.25, 0.3) is 0 Å². The Labute approximate surface area is 155 Å². The number of pyridine rings is 1. The molecule has 2 N–H and O–H groups in total. The number of fused-ring (bicyclic) bond motifs is 1. The van der Waals surface area contributed by atoms with Crippen LogP contribution in [0.3, 0.4) is 0 Å². The lowest BCUT2D eigenvalue weighted by Crippen LogP contribution is -1.96. The van der Waals surface area contributed by atoms with Crippen LogP contribution in [0.4, 0.5) is 11.6 Å². The minimum Gasteiger partial charge on any atom is -0.497 e. The van der Waals surface area contributed by atoms with E-state index in [-0.39, 0.29) is 0 Å². The lowest BCUT2D eigenvalue weighted by Gasteiger charge is -2.11. The standard InChI is InChI=1S/C20H18N4OS/c1-13-10-19(24-23-13)21-18-12-14-11-15(25-2)8-9-17(14)20(22-18)26-16-6-4-3-5-7-16/h3-12H,1-2H3,(H2,21,22,23,24). The molecular formula is C20H18N4OS. The number of anilines is 2. The fraction of sp³-hybridized carbons (Fsp3) is 0.100. The zero-order valence-electron chi connectivity index (χ0n) is 14.5. The highest BCUT2D eigenvalue weighted by Crippen LogP contribution is 2.35. The van der Waals surface area contributed by atoms with E-state index in [9.17, 15) is 0 Å². The largest absolute Gasteiger partial charge is 0.497 e. The van der Waals surface area contributed by atoms with E-state index in [1.165, 1.54) is 0 Å². The molecule has 0 aliphatic rings. The number of ether oxygens (including phenoxy) is 1. The summed E-state index contributed by atoms with van der Waals surface area (Å²) in [5, 5.41) is 13.5. The molecule has 2 heterocycles. The molecule has 0 aliphatic carbocycles. The Kier molecular flexibility index (Phi) is 4.50. The smallest absolute Gasteiger partial charge is 0.153 e. The Morgan fingerprint density at radius 1 is 1.00 bits per heavy atom. The SMILES string of the molecule is COc1ccc2c(Sc3ccccc3)nc(Nc3cc(C)[nH]n3)cc2c1. The summed E-state index contributed by atoms with van der Waals surface area (Å²) in [6, 6.07) is 20.2. The van der Waals surface area contributed by atoms with Gasteiger partial charge in [-0.25, -0.2) is 4.98 Å². The van der Waals surface area contributed by atoms with E-state index >= 15 is 0 Å². The molecule has 0 fully saturated rings. The number of aromatic amines is 1. The van der Waals surface area contributed by atoms with Crippen LogP contribution >= 0.6 is 11.8 Å². The Hall–Kier alpha value is -2.99. The number of H-pyrrole nitrogens is 1. The van der Waals surface area contributed by atoms with Crippen LogP contribution in [0.1, 0.15) is 5.69 Å². The van der Waals surface area contributed by atoms with Crippen LogP contribution in [0.25, 0.3) is 10.8 Å². The van der Waals surface area contributed by atoms with Crippen LogP contribution in [-0.4, -0.2) is 22.3 Å². The summed E-state index contributed by atoms with van der Waals surface area (Å²) in [4.78, 5) is 5.96. The lowest BCUT2D eigenvalue weighted by molar-refractivity contribution is 0.415. The molecule has 0 saturated carbocycles. The summed E-state index contributed by atoms with van der Waals surface area (Å²) in [6.07, 6.45) is 0. The van der Waals surface area contributed by atoms with Gasteiger partial charge < -0.3 is 10.1 Å². The number of benzene rings is 2. The summed E-state index contributed by atoms with van der Waals surface area (Å²) in [5.41, 5.74) is 0.994. The zero-order chi connectivity index (χ0) is 17.9. The molecule has 26 heavy (non-hydrogen) atoms. The summed E-state index contributed by atoms with van der Waals surface area (Å²) in [5.74, 6) is 2.31. The van der Waals surface area contributed by atoms with Gasteiger partial charge in [-0.3, -0.25) is 5.10 Å². The van der Waals surface area contributed by atoms with Gasteiger partial charge in [0.15, 0.2) is 5.82 Å². The predicted octanol–water partition coefficient (Wildman–Crippen LogP) is 5.17. The molecule has 0 spiro atoms. The third kappa shape index (κ3) is 3.50. The van der Waals surface area contributed by atoms with Crippen molar-refractivity contribution in [1.29, 1.82) is 0 Å². The van der Waals surface area contributed by atoms with E-state index in [4.69, 9.17) is 9.72 Å². The Morgan fingerprint density at radius 2 is 1.85 bits per heavy atom. The average Bonchev–Trinajstić information content (AvgIpc) is 3.06. The van der Waals surface area contributed by atoms with Gasteiger partial charge in [0.1, 0.15) is 16.6 Å². The first kappa shape index (κ1) is 16.5. The van der Waals surface area contributed by atoms with Crippen LogP contribution < -0.4 is 10.1 Å². The monoisotopic (exact) mass is 362 g/mol. The summed E-state index contributed by atoms with van der Waals surface area (Å²) >= 11 is 1.64. The van der Waals surface area contributed by atoms with E-state index in [0.29, 0.717) is 0 Å². The number of aryl methyl sites for hydroxylation is 1. The predicted molar refractivity (Wildman–Crippen MR) is 105 cm³/mol. The van der Waals surface area contributed by atoms with Crippen molar-refractivity contribution in [2.45, 2.75) is 16.8 Å². The van der Waals surface area contributed by atoms with Gasteiger partial charge in [0.2, 0.25) is 0 Å². The van der Waals surface area contributed by atoms with Gasteiger partial charge in [-0.05, 0) is 48.7 Å².